The lowest BCUT2D eigenvalue weighted by Gasteiger charge is -2.31. The lowest BCUT2D eigenvalue weighted by atomic mass is 9.93. The van der Waals surface area contributed by atoms with Crippen LogP contribution in [0.2, 0.25) is 0 Å². The van der Waals surface area contributed by atoms with E-state index in [0.29, 0.717) is 5.92 Å². The quantitative estimate of drug-likeness (QED) is 0.737. The van der Waals surface area contributed by atoms with Gasteiger partial charge in [-0.1, -0.05) is 0 Å². The molecule has 0 aliphatic carbocycles. The van der Waals surface area contributed by atoms with Gasteiger partial charge in [-0.15, -0.1) is 11.3 Å². The number of amides is 1. The van der Waals surface area contributed by atoms with Crippen LogP contribution < -0.4 is 11.1 Å². The van der Waals surface area contributed by atoms with Gasteiger partial charge in [0.05, 0.1) is 17.8 Å². The molecule has 1 fully saturated rings. The molecule has 7 nitrogen and oxygen atoms in total. The van der Waals surface area contributed by atoms with Crippen molar-refractivity contribution >= 4 is 33.7 Å². The van der Waals surface area contributed by atoms with E-state index in [-0.39, 0.29) is 12.5 Å². The highest BCUT2D eigenvalue weighted by Crippen LogP contribution is 2.30. The number of aryl methyl sites for hydroxylation is 1. The number of carbonyl (C=O) groups excluding carboxylic acids is 1. The molecule has 136 valence electrons. The Morgan fingerprint density at radius 2 is 2.23 bits per heavy atom. The van der Waals surface area contributed by atoms with Gasteiger partial charge in [0.25, 0.3) is 0 Å². The monoisotopic (exact) mass is 370 g/mol. The van der Waals surface area contributed by atoms with Crippen molar-refractivity contribution in [1.29, 1.82) is 0 Å². The van der Waals surface area contributed by atoms with Crippen LogP contribution in [0.5, 0.6) is 0 Å². The van der Waals surface area contributed by atoms with E-state index in [1.54, 1.807) is 11.3 Å². The van der Waals surface area contributed by atoms with Gasteiger partial charge in [-0.05, 0) is 31.9 Å². The van der Waals surface area contributed by atoms with Crippen molar-refractivity contribution < 1.29 is 4.79 Å². The number of anilines is 2. The number of fused-ring (bicyclic) bond motifs is 1. The maximum Gasteiger partial charge on any atom is 0.236 e. The molecule has 3 aromatic heterocycles. The lowest BCUT2D eigenvalue weighted by molar-refractivity contribution is -0.130. The number of rotatable bonds is 4. The fraction of sp³-hybridized carbons (Fsp3) is 0.389. The number of nitrogens with zero attached hydrogens (tertiary/aromatic N) is 4. The number of nitrogens with one attached hydrogen (secondary N) is 1. The van der Waals surface area contributed by atoms with E-state index in [0.717, 1.165) is 53.0 Å². The number of aromatic nitrogens is 3. The van der Waals surface area contributed by atoms with Crippen molar-refractivity contribution in [2.75, 3.05) is 25.0 Å². The lowest BCUT2D eigenvalue weighted by Crippen LogP contribution is -2.41. The van der Waals surface area contributed by atoms with Gasteiger partial charge in [0.15, 0.2) is 10.9 Å². The Balaban J connectivity index is 1.59. The molecule has 4 rings (SSSR count). The molecule has 4 heterocycles. The highest BCUT2D eigenvalue weighted by Gasteiger charge is 2.25. The van der Waals surface area contributed by atoms with Gasteiger partial charge in [-0.2, -0.15) is 0 Å². The van der Waals surface area contributed by atoms with E-state index < -0.39 is 0 Å². The molecular formula is C18H22N6OS. The molecule has 0 spiro atoms. The van der Waals surface area contributed by atoms with Crippen LogP contribution in [0.1, 0.15) is 29.3 Å². The summed E-state index contributed by atoms with van der Waals surface area (Å²) in [4.78, 5) is 24.1. The molecule has 0 bridgehead atoms. The zero-order valence-electron chi connectivity index (χ0n) is 14.7. The smallest absolute Gasteiger partial charge is 0.236 e. The first-order chi connectivity index (χ1) is 12.6. The summed E-state index contributed by atoms with van der Waals surface area (Å²) in [5.41, 5.74) is 7.54. The van der Waals surface area contributed by atoms with Gasteiger partial charge < -0.3 is 20.4 Å². The van der Waals surface area contributed by atoms with Crippen LogP contribution in [0.3, 0.4) is 0 Å². The SMILES string of the molecule is Cc1cnc(Nc2nc(C3CCN(C(=O)CN)CC3)cn3cccc23)s1. The van der Waals surface area contributed by atoms with Crippen LogP contribution >= 0.6 is 11.3 Å². The van der Waals surface area contributed by atoms with Crippen molar-refractivity contribution in [3.05, 3.63) is 41.3 Å². The van der Waals surface area contributed by atoms with E-state index in [1.165, 1.54) is 0 Å². The summed E-state index contributed by atoms with van der Waals surface area (Å²) in [6.45, 7) is 3.59. The zero-order chi connectivity index (χ0) is 18.1. The van der Waals surface area contributed by atoms with Gasteiger partial charge in [0.2, 0.25) is 5.91 Å². The Kier molecular flexibility index (Phi) is 4.60. The van der Waals surface area contributed by atoms with Crippen LogP contribution in [0.15, 0.2) is 30.7 Å². The molecule has 0 saturated carbocycles. The normalized spacial score (nSPS) is 15.5. The van der Waals surface area contributed by atoms with Crippen molar-refractivity contribution in [2.45, 2.75) is 25.7 Å². The summed E-state index contributed by atoms with van der Waals surface area (Å²) in [7, 11) is 0. The number of hydrogen-bond acceptors (Lipinski definition) is 6. The fourth-order valence-corrected chi connectivity index (χ4v) is 4.08. The summed E-state index contributed by atoms with van der Waals surface area (Å²) in [6.07, 6.45) is 7.80. The van der Waals surface area contributed by atoms with Gasteiger partial charge >= 0.3 is 0 Å². The second kappa shape index (κ2) is 7.05. The molecule has 1 aliphatic rings. The van der Waals surface area contributed by atoms with Crippen LogP contribution in [0, 0.1) is 6.92 Å². The topological polar surface area (TPSA) is 88.5 Å². The van der Waals surface area contributed by atoms with Crippen molar-refractivity contribution in [3.8, 4) is 0 Å². The maximum atomic E-state index is 11.8. The maximum absolute atomic E-state index is 11.8. The summed E-state index contributed by atoms with van der Waals surface area (Å²) in [5.74, 6) is 1.18. The third-order valence-electron chi connectivity index (χ3n) is 4.82. The molecule has 26 heavy (non-hydrogen) atoms. The number of likely N-dealkylation sites (tertiary alicyclic amines) is 1. The second-order valence-electron chi connectivity index (χ2n) is 6.58. The van der Waals surface area contributed by atoms with Gasteiger partial charge in [0.1, 0.15) is 0 Å². The highest BCUT2D eigenvalue weighted by atomic mass is 32.1. The summed E-state index contributed by atoms with van der Waals surface area (Å²) < 4.78 is 2.10. The summed E-state index contributed by atoms with van der Waals surface area (Å²) in [6, 6.07) is 4.06. The Labute approximate surface area is 155 Å². The zero-order valence-corrected chi connectivity index (χ0v) is 15.5. The van der Waals surface area contributed by atoms with E-state index in [9.17, 15) is 4.79 Å². The molecule has 3 aromatic rings. The first-order valence-electron chi connectivity index (χ1n) is 8.79. The third kappa shape index (κ3) is 3.30. The van der Waals surface area contributed by atoms with E-state index in [2.05, 4.69) is 20.9 Å². The van der Waals surface area contributed by atoms with Crippen molar-refractivity contribution in [2.24, 2.45) is 5.73 Å². The van der Waals surface area contributed by atoms with Gasteiger partial charge in [0, 0.05) is 42.5 Å². The highest BCUT2D eigenvalue weighted by molar-refractivity contribution is 7.15. The van der Waals surface area contributed by atoms with E-state index in [1.807, 2.05) is 36.4 Å². The molecule has 1 saturated heterocycles. The Hall–Kier alpha value is -2.45. The van der Waals surface area contributed by atoms with Gasteiger partial charge in [-0.3, -0.25) is 4.79 Å². The first-order valence-corrected chi connectivity index (χ1v) is 9.60. The van der Waals surface area contributed by atoms with Crippen molar-refractivity contribution in [1.82, 2.24) is 19.3 Å². The molecule has 3 N–H and O–H groups in total. The second-order valence-corrected chi connectivity index (χ2v) is 7.81. The minimum absolute atomic E-state index is 0.0266. The summed E-state index contributed by atoms with van der Waals surface area (Å²) >= 11 is 1.61. The molecule has 0 unspecified atom stereocenters. The first kappa shape index (κ1) is 17.0. The molecule has 1 aliphatic heterocycles. The molecule has 0 atom stereocenters. The third-order valence-corrected chi connectivity index (χ3v) is 5.65. The standard InChI is InChI=1S/C18H22N6OS/c1-12-10-20-18(26-12)22-17-15-3-2-6-24(15)11-14(21-17)13-4-7-23(8-5-13)16(25)9-19/h2-3,6,10-11,13H,4-5,7-9,19H2,1H3,(H,20,21,22). The predicted molar refractivity (Wildman–Crippen MR) is 103 cm³/mol. The summed E-state index contributed by atoms with van der Waals surface area (Å²) in [5, 5.41) is 4.21. The Morgan fingerprint density at radius 1 is 1.42 bits per heavy atom. The van der Waals surface area contributed by atoms with Crippen molar-refractivity contribution in [3.63, 3.8) is 0 Å². The predicted octanol–water partition coefficient (Wildman–Crippen LogP) is 2.51. The van der Waals surface area contributed by atoms with Crippen LogP contribution in [-0.4, -0.2) is 44.8 Å². The molecular weight excluding hydrogens is 348 g/mol. The fourth-order valence-electron chi connectivity index (χ4n) is 3.42. The number of carbonyl (C=O) groups is 1. The number of thiazole rings is 1. The molecule has 0 aromatic carbocycles. The van der Waals surface area contributed by atoms with Crippen LogP contribution in [0.4, 0.5) is 10.9 Å². The van der Waals surface area contributed by atoms with E-state index >= 15 is 0 Å². The largest absolute Gasteiger partial charge is 0.342 e. The van der Waals surface area contributed by atoms with Crippen LogP contribution in [0.25, 0.3) is 5.52 Å². The average Bonchev–Trinajstić information content (AvgIpc) is 3.30. The molecule has 8 heteroatoms. The van der Waals surface area contributed by atoms with Crippen LogP contribution in [-0.2, 0) is 4.79 Å². The van der Waals surface area contributed by atoms with E-state index in [4.69, 9.17) is 10.7 Å². The Bertz CT molecular complexity index is 925. The van der Waals surface area contributed by atoms with Gasteiger partial charge in [-0.25, -0.2) is 9.97 Å². The molecule has 0 radical (unpaired) electrons. The number of nitrogens with two attached hydrogens (primary N) is 1. The minimum Gasteiger partial charge on any atom is -0.342 e. The minimum atomic E-state index is 0.0266. The number of hydrogen-bond donors (Lipinski definition) is 2. The molecule has 1 amide bonds. The average molecular weight is 370 g/mol. The Morgan fingerprint density at radius 3 is 2.92 bits per heavy atom. The number of piperidine rings is 1.